The number of aryl methyl sites for hydroxylation is 2. The summed E-state index contributed by atoms with van der Waals surface area (Å²) in [6, 6.07) is 11.3. The number of piperidine rings is 1. The van der Waals surface area contributed by atoms with Gasteiger partial charge in [-0.05, 0) is 50.5 Å². The Balaban J connectivity index is 1.25. The molecule has 2 amide bonds. The number of benzene rings is 1. The highest BCUT2D eigenvalue weighted by atomic mass is 35.5. The Hall–Kier alpha value is -3.17. The predicted octanol–water partition coefficient (Wildman–Crippen LogP) is 4.90. The van der Waals surface area contributed by atoms with Gasteiger partial charge in [0.2, 0.25) is 5.91 Å². The van der Waals surface area contributed by atoms with Gasteiger partial charge in [-0.3, -0.25) is 14.3 Å². The Morgan fingerprint density at radius 1 is 1.18 bits per heavy atom. The van der Waals surface area contributed by atoms with Gasteiger partial charge in [-0.1, -0.05) is 28.9 Å². The number of thiophene rings is 1. The van der Waals surface area contributed by atoms with Gasteiger partial charge in [0.05, 0.1) is 17.1 Å². The van der Waals surface area contributed by atoms with Crippen LogP contribution in [0, 0.1) is 19.8 Å². The molecule has 1 aliphatic rings. The van der Waals surface area contributed by atoms with Gasteiger partial charge in [0.1, 0.15) is 10.6 Å². The molecule has 0 radical (unpaired) electrons. The lowest BCUT2D eigenvalue weighted by Gasteiger charge is -2.30. The third-order valence-corrected chi connectivity index (χ3v) is 7.48. The van der Waals surface area contributed by atoms with Crippen molar-refractivity contribution in [2.45, 2.75) is 33.2 Å². The number of hydrogen-bond acceptors (Lipinski definition) is 6. The Bertz CT molecular complexity index is 1350. The molecule has 5 rings (SSSR count). The van der Waals surface area contributed by atoms with Crippen LogP contribution in [0.1, 0.15) is 39.5 Å². The van der Waals surface area contributed by atoms with E-state index in [4.69, 9.17) is 16.1 Å². The van der Waals surface area contributed by atoms with Gasteiger partial charge in [0.25, 0.3) is 5.91 Å². The number of anilines is 1. The van der Waals surface area contributed by atoms with Crippen LogP contribution in [0.25, 0.3) is 10.2 Å². The number of carbonyl (C=O) groups is 2. The Labute approximate surface area is 205 Å². The van der Waals surface area contributed by atoms with Gasteiger partial charge in [-0.15, -0.1) is 11.3 Å². The fourth-order valence-corrected chi connectivity index (χ4v) is 5.50. The molecule has 3 aromatic heterocycles. The lowest BCUT2D eigenvalue weighted by molar-refractivity contribution is -0.121. The SMILES string of the molecule is Cc1cc(NC(=O)C2CCN(C(=O)c3cc4c(C)nn(Cc5ccc(Cl)cc5)c4s3)CC2)no1. The van der Waals surface area contributed by atoms with Crippen LogP contribution in [0.15, 0.2) is 40.9 Å². The van der Waals surface area contributed by atoms with E-state index in [0.717, 1.165) is 21.5 Å². The van der Waals surface area contributed by atoms with E-state index in [1.54, 1.807) is 13.0 Å². The molecule has 34 heavy (non-hydrogen) atoms. The van der Waals surface area contributed by atoms with Crippen LogP contribution < -0.4 is 5.32 Å². The summed E-state index contributed by atoms with van der Waals surface area (Å²) in [6.07, 6.45) is 1.23. The summed E-state index contributed by atoms with van der Waals surface area (Å²) in [5.41, 5.74) is 1.99. The second-order valence-corrected chi connectivity index (χ2v) is 10.0. The van der Waals surface area contributed by atoms with Gasteiger partial charge in [0.15, 0.2) is 5.82 Å². The zero-order chi connectivity index (χ0) is 23.8. The third kappa shape index (κ3) is 4.58. The minimum Gasteiger partial charge on any atom is -0.360 e. The number of hydrogen-bond donors (Lipinski definition) is 1. The summed E-state index contributed by atoms with van der Waals surface area (Å²) >= 11 is 7.46. The summed E-state index contributed by atoms with van der Waals surface area (Å²) in [5, 5.41) is 13.0. The number of rotatable bonds is 5. The first kappa shape index (κ1) is 22.6. The Morgan fingerprint density at radius 3 is 2.59 bits per heavy atom. The summed E-state index contributed by atoms with van der Waals surface area (Å²) < 4.78 is 6.94. The molecule has 0 spiro atoms. The molecule has 0 aliphatic carbocycles. The van der Waals surface area contributed by atoms with Crippen LogP contribution in [0.5, 0.6) is 0 Å². The van der Waals surface area contributed by atoms with Crippen LogP contribution in [-0.4, -0.2) is 44.7 Å². The van der Waals surface area contributed by atoms with E-state index < -0.39 is 0 Å². The molecule has 0 bridgehead atoms. The number of carbonyl (C=O) groups excluding carboxylic acids is 2. The summed E-state index contributed by atoms with van der Waals surface area (Å²) in [4.78, 5) is 29.3. The Kier molecular flexibility index (Phi) is 6.14. The quantitative estimate of drug-likeness (QED) is 0.423. The number of aromatic nitrogens is 3. The van der Waals surface area contributed by atoms with Crippen molar-refractivity contribution in [1.29, 1.82) is 0 Å². The van der Waals surface area contributed by atoms with Crippen LogP contribution in [0.4, 0.5) is 5.82 Å². The molecule has 176 valence electrons. The summed E-state index contributed by atoms with van der Waals surface area (Å²) in [7, 11) is 0. The maximum atomic E-state index is 13.2. The second kappa shape index (κ2) is 9.23. The first-order chi connectivity index (χ1) is 16.4. The van der Waals surface area contributed by atoms with Crippen molar-refractivity contribution in [2.24, 2.45) is 5.92 Å². The number of halogens is 1. The van der Waals surface area contributed by atoms with Crippen molar-refractivity contribution in [3.05, 3.63) is 63.3 Å². The normalized spacial score (nSPS) is 14.6. The average Bonchev–Trinajstić information content (AvgIpc) is 3.52. The highest BCUT2D eigenvalue weighted by Gasteiger charge is 2.29. The molecule has 1 N–H and O–H groups in total. The lowest BCUT2D eigenvalue weighted by atomic mass is 9.96. The Morgan fingerprint density at radius 2 is 1.91 bits per heavy atom. The van der Waals surface area contributed by atoms with Crippen molar-refractivity contribution >= 4 is 50.8 Å². The van der Waals surface area contributed by atoms with E-state index in [2.05, 4.69) is 15.6 Å². The maximum absolute atomic E-state index is 13.2. The van der Waals surface area contributed by atoms with Gasteiger partial charge in [0, 0.05) is 35.5 Å². The smallest absolute Gasteiger partial charge is 0.264 e. The van der Waals surface area contributed by atoms with Crippen LogP contribution in [0.2, 0.25) is 5.02 Å². The molecule has 1 fully saturated rings. The van der Waals surface area contributed by atoms with E-state index in [1.807, 2.05) is 46.8 Å². The van der Waals surface area contributed by atoms with Gasteiger partial charge in [-0.25, -0.2) is 0 Å². The fourth-order valence-electron chi connectivity index (χ4n) is 4.24. The summed E-state index contributed by atoms with van der Waals surface area (Å²) in [5.74, 6) is 0.836. The molecule has 0 atom stereocenters. The van der Waals surface area contributed by atoms with E-state index >= 15 is 0 Å². The monoisotopic (exact) mass is 497 g/mol. The largest absolute Gasteiger partial charge is 0.360 e. The van der Waals surface area contributed by atoms with Crippen molar-refractivity contribution in [2.75, 3.05) is 18.4 Å². The number of nitrogens with zero attached hydrogens (tertiary/aromatic N) is 4. The van der Waals surface area contributed by atoms with Gasteiger partial charge >= 0.3 is 0 Å². The van der Waals surface area contributed by atoms with Crippen molar-refractivity contribution in [3.8, 4) is 0 Å². The van der Waals surface area contributed by atoms with E-state index in [9.17, 15) is 9.59 Å². The number of nitrogens with one attached hydrogen (secondary N) is 1. The second-order valence-electron chi connectivity index (χ2n) is 8.58. The zero-order valence-electron chi connectivity index (χ0n) is 18.9. The molecule has 1 saturated heterocycles. The minimum absolute atomic E-state index is 0.00428. The molecule has 4 aromatic rings. The molecule has 10 heteroatoms. The molecule has 4 heterocycles. The average molecular weight is 498 g/mol. The first-order valence-electron chi connectivity index (χ1n) is 11.1. The highest BCUT2D eigenvalue weighted by molar-refractivity contribution is 7.20. The lowest BCUT2D eigenvalue weighted by Crippen LogP contribution is -2.41. The van der Waals surface area contributed by atoms with E-state index in [-0.39, 0.29) is 17.7 Å². The standard InChI is InChI=1S/C24H24ClN5O3S/c1-14-11-21(28-33-14)26-22(31)17-7-9-29(10-8-17)23(32)20-12-19-15(2)27-30(24(19)34-20)13-16-3-5-18(25)6-4-16/h3-6,11-12,17H,7-10,13H2,1-2H3,(H,26,28,31). The van der Waals surface area contributed by atoms with Gasteiger partial charge in [-0.2, -0.15) is 5.10 Å². The van der Waals surface area contributed by atoms with Gasteiger partial charge < -0.3 is 14.7 Å². The predicted molar refractivity (Wildman–Crippen MR) is 131 cm³/mol. The minimum atomic E-state index is -0.154. The molecule has 8 nitrogen and oxygen atoms in total. The van der Waals surface area contributed by atoms with Crippen molar-refractivity contribution in [3.63, 3.8) is 0 Å². The van der Waals surface area contributed by atoms with Crippen molar-refractivity contribution < 1.29 is 14.1 Å². The molecule has 1 aliphatic heterocycles. The maximum Gasteiger partial charge on any atom is 0.264 e. The fraction of sp³-hybridized carbons (Fsp3) is 0.333. The zero-order valence-corrected chi connectivity index (χ0v) is 20.4. The topological polar surface area (TPSA) is 93.3 Å². The van der Waals surface area contributed by atoms with E-state index in [0.29, 0.717) is 54.0 Å². The van der Waals surface area contributed by atoms with Crippen LogP contribution in [-0.2, 0) is 11.3 Å². The third-order valence-electron chi connectivity index (χ3n) is 6.10. The van der Waals surface area contributed by atoms with Crippen LogP contribution >= 0.6 is 22.9 Å². The summed E-state index contributed by atoms with van der Waals surface area (Å²) in [6.45, 7) is 5.43. The highest BCUT2D eigenvalue weighted by Crippen LogP contribution is 2.31. The number of likely N-dealkylation sites (tertiary alicyclic amines) is 1. The number of fused-ring (bicyclic) bond motifs is 1. The molecule has 0 saturated carbocycles. The molecular formula is C24H24ClN5O3S. The first-order valence-corrected chi connectivity index (χ1v) is 12.3. The molecular weight excluding hydrogens is 474 g/mol. The molecule has 0 unspecified atom stereocenters. The van der Waals surface area contributed by atoms with Crippen LogP contribution in [0.3, 0.4) is 0 Å². The number of amides is 2. The van der Waals surface area contributed by atoms with E-state index in [1.165, 1.54) is 11.3 Å². The molecule has 1 aromatic carbocycles. The van der Waals surface area contributed by atoms with Crippen molar-refractivity contribution in [1.82, 2.24) is 19.8 Å².